The maximum absolute atomic E-state index is 6.01. The molecule has 19 heavy (non-hydrogen) atoms. The van der Waals surface area contributed by atoms with Gasteiger partial charge in [-0.15, -0.1) is 0 Å². The Labute approximate surface area is 121 Å². The number of rotatable bonds is 3. The summed E-state index contributed by atoms with van der Waals surface area (Å²) in [5.41, 5.74) is 6.63. The van der Waals surface area contributed by atoms with Gasteiger partial charge in [0.1, 0.15) is 0 Å². The summed E-state index contributed by atoms with van der Waals surface area (Å²) in [5, 5.41) is 1.88. The van der Waals surface area contributed by atoms with Gasteiger partial charge in [-0.1, -0.05) is 22.9 Å². The molecule has 2 aromatic rings. The molecule has 1 saturated heterocycles. The molecule has 4 nitrogen and oxygen atoms in total. The second-order valence-electron chi connectivity index (χ2n) is 4.73. The van der Waals surface area contributed by atoms with Gasteiger partial charge in [0.15, 0.2) is 5.13 Å². The largest absolute Gasteiger partial charge is 0.345 e. The van der Waals surface area contributed by atoms with E-state index < -0.39 is 0 Å². The van der Waals surface area contributed by atoms with Gasteiger partial charge >= 0.3 is 0 Å². The zero-order valence-electron chi connectivity index (χ0n) is 10.7. The van der Waals surface area contributed by atoms with E-state index in [1.807, 2.05) is 18.2 Å². The Bertz CT molecular complexity index is 563. The third-order valence-corrected chi connectivity index (χ3v) is 4.74. The van der Waals surface area contributed by atoms with Crippen molar-refractivity contribution in [2.45, 2.75) is 0 Å². The number of halogens is 1. The fraction of sp³-hybridized carbons (Fsp3) is 0.462. The molecular weight excluding hydrogens is 280 g/mol. The van der Waals surface area contributed by atoms with Crippen LogP contribution >= 0.6 is 22.9 Å². The lowest BCUT2D eigenvalue weighted by Gasteiger charge is -2.34. The van der Waals surface area contributed by atoms with Crippen LogP contribution in [0.25, 0.3) is 10.2 Å². The van der Waals surface area contributed by atoms with Crippen molar-refractivity contribution in [3.8, 4) is 0 Å². The summed E-state index contributed by atoms with van der Waals surface area (Å²) in [6.07, 6.45) is 0. The Morgan fingerprint density at radius 2 is 2.05 bits per heavy atom. The molecule has 2 heterocycles. The van der Waals surface area contributed by atoms with E-state index in [9.17, 15) is 0 Å². The van der Waals surface area contributed by atoms with Crippen LogP contribution in [0.1, 0.15) is 0 Å². The molecule has 0 atom stereocenters. The molecule has 1 aromatic heterocycles. The molecule has 1 aliphatic heterocycles. The Hall–Kier alpha value is -0.880. The Balaban J connectivity index is 1.74. The number of hydrogen-bond donors (Lipinski definition) is 1. The van der Waals surface area contributed by atoms with Crippen molar-refractivity contribution in [3.05, 3.63) is 23.2 Å². The molecule has 3 rings (SSSR count). The van der Waals surface area contributed by atoms with Gasteiger partial charge in [0.2, 0.25) is 0 Å². The van der Waals surface area contributed by atoms with E-state index in [1.165, 1.54) is 0 Å². The average Bonchev–Trinajstić information content (AvgIpc) is 2.83. The number of nitrogens with zero attached hydrogens (tertiary/aromatic N) is 3. The van der Waals surface area contributed by atoms with E-state index in [1.54, 1.807) is 11.3 Å². The maximum atomic E-state index is 6.01. The molecule has 0 saturated carbocycles. The summed E-state index contributed by atoms with van der Waals surface area (Å²) in [5.74, 6) is 0. The first-order valence-electron chi connectivity index (χ1n) is 6.50. The first-order chi connectivity index (χ1) is 9.26. The predicted octanol–water partition coefficient (Wildman–Crippen LogP) is 2.03. The van der Waals surface area contributed by atoms with Gasteiger partial charge in [0.25, 0.3) is 0 Å². The molecule has 0 unspecified atom stereocenters. The molecule has 0 radical (unpaired) electrons. The van der Waals surface area contributed by atoms with Gasteiger partial charge in [-0.3, -0.25) is 4.90 Å². The number of fused-ring (bicyclic) bond motifs is 1. The van der Waals surface area contributed by atoms with Gasteiger partial charge in [-0.25, -0.2) is 4.98 Å². The molecule has 0 aliphatic carbocycles. The van der Waals surface area contributed by atoms with Crippen LogP contribution < -0.4 is 10.6 Å². The maximum Gasteiger partial charge on any atom is 0.186 e. The number of thiazole rings is 1. The lowest BCUT2D eigenvalue weighted by atomic mass is 10.3. The molecule has 0 bridgehead atoms. The number of nitrogens with two attached hydrogens (primary N) is 1. The van der Waals surface area contributed by atoms with Gasteiger partial charge in [-0.2, -0.15) is 0 Å². The minimum Gasteiger partial charge on any atom is -0.345 e. The molecule has 0 spiro atoms. The minimum atomic E-state index is 0.736. The average molecular weight is 297 g/mol. The van der Waals surface area contributed by atoms with Crippen molar-refractivity contribution in [2.75, 3.05) is 44.2 Å². The standard InChI is InChI=1S/C13H17ClN4S/c14-10-1-2-11-12(9-10)19-13(16-11)18-7-5-17(4-3-15)6-8-18/h1-2,9H,3-8,15H2. The lowest BCUT2D eigenvalue weighted by molar-refractivity contribution is 0.265. The van der Waals surface area contributed by atoms with Crippen molar-refractivity contribution in [2.24, 2.45) is 5.73 Å². The normalized spacial score (nSPS) is 17.3. The molecule has 1 fully saturated rings. The van der Waals surface area contributed by atoms with E-state index in [0.29, 0.717) is 0 Å². The van der Waals surface area contributed by atoms with Crippen molar-refractivity contribution in [1.29, 1.82) is 0 Å². The second-order valence-corrected chi connectivity index (χ2v) is 6.17. The van der Waals surface area contributed by atoms with Crippen LogP contribution in [0, 0.1) is 0 Å². The Morgan fingerprint density at radius 3 is 2.79 bits per heavy atom. The van der Waals surface area contributed by atoms with Gasteiger partial charge in [0, 0.05) is 44.3 Å². The Kier molecular flexibility index (Phi) is 3.88. The highest BCUT2D eigenvalue weighted by Gasteiger charge is 2.19. The Morgan fingerprint density at radius 1 is 1.26 bits per heavy atom. The number of aromatic nitrogens is 1. The molecule has 0 amide bonds. The van der Waals surface area contributed by atoms with Crippen molar-refractivity contribution >= 4 is 38.3 Å². The van der Waals surface area contributed by atoms with Crippen LogP contribution in [0.5, 0.6) is 0 Å². The third kappa shape index (κ3) is 2.84. The summed E-state index contributed by atoms with van der Waals surface area (Å²) in [6, 6.07) is 5.87. The minimum absolute atomic E-state index is 0.736. The molecule has 1 aliphatic rings. The van der Waals surface area contributed by atoms with Crippen LogP contribution in [0.2, 0.25) is 5.02 Å². The summed E-state index contributed by atoms with van der Waals surface area (Å²) < 4.78 is 1.16. The second kappa shape index (κ2) is 5.63. The molecule has 2 N–H and O–H groups in total. The highest BCUT2D eigenvalue weighted by atomic mass is 35.5. The van der Waals surface area contributed by atoms with Crippen LogP contribution in [-0.4, -0.2) is 49.2 Å². The monoisotopic (exact) mass is 296 g/mol. The van der Waals surface area contributed by atoms with Gasteiger partial charge in [0.05, 0.1) is 10.2 Å². The summed E-state index contributed by atoms with van der Waals surface area (Å²) in [6.45, 7) is 5.89. The molecular formula is C13H17ClN4S. The smallest absolute Gasteiger partial charge is 0.186 e. The topological polar surface area (TPSA) is 45.4 Å². The van der Waals surface area contributed by atoms with E-state index >= 15 is 0 Å². The number of benzene rings is 1. The fourth-order valence-corrected chi connectivity index (χ4v) is 3.66. The van der Waals surface area contributed by atoms with Crippen molar-refractivity contribution < 1.29 is 0 Å². The number of hydrogen-bond acceptors (Lipinski definition) is 5. The molecule has 1 aromatic carbocycles. The molecule has 102 valence electrons. The quantitative estimate of drug-likeness (QED) is 0.941. The van der Waals surface area contributed by atoms with Crippen LogP contribution in [0.4, 0.5) is 5.13 Å². The lowest BCUT2D eigenvalue weighted by Crippen LogP contribution is -2.47. The van der Waals surface area contributed by atoms with E-state index in [4.69, 9.17) is 22.3 Å². The first kappa shape index (κ1) is 13.1. The van der Waals surface area contributed by atoms with Gasteiger partial charge in [-0.05, 0) is 18.2 Å². The predicted molar refractivity (Wildman–Crippen MR) is 82.3 cm³/mol. The highest BCUT2D eigenvalue weighted by molar-refractivity contribution is 7.22. The number of piperazine rings is 1. The molecule has 6 heteroatoms. The van der Waals surface area contributed by atoms with Crippen molar-refractivity contribution in [1.82, 2.24) is 9.88 Å². The van der Waals surface area contributed by atoms with Crippen molar-refractivity contribution in [3.63, 3.8) is 0 Å². The SMILES string of the molecule is NCCN1CCN(c2nc3ccc(Cl)cc3s2)CC1. The van der Waals surface area contributed by atoms with Crippen LogP contribution in [-0.2, 0) is 0 Å². The summed E-state index contributed by atoms with van der Waals surface area (Å²) in [7, 11) is 0. The van der Waals surface area contributed by atoms with E-state index in [-0.39, 0.29) is 0 Å². The zero-order valence-corrected chi connectivity index (χ0v) is 12.3. The highest BCUT2D eigenvalue weighted by Crippen LogP contribution is 2.31. The summed E-state index contributed by atoms with van der Waals surface area (Å²) >= 11 is 7.73. The van der Waals surface area contributed by atoms with Crippen LogP contribution in [0.3, 0.4) is 0 Å². The van der Waals surface area contributed by atoms with Gasteiger partial charge < -0.3 is 10.6 Å². The fourth-order valence-electron chi connectivity index (χ4n) is 2.37. The van der Waals surface area contributed by atoms with E-state index in [0.717, 1.165) is 59.6 Å². The van der Waals surface area contributed by atoms with E-state index in [2.05, 4.69) is 9.80 Å². The number of anilines is 1. The first-order valence-corrected chi connectivity index (χ1v) is 7.69. The third-order valence-electron chi connectivity index (χ3n) is 3.43. The zero-order chi connectivity index (χ0) is 13.2. The summed E-state index contributed by atoms with van der Waals surface area (Å²) in [4.78, 5) is 9.45. The van der Waals surface area contributed by atoms with Crippen LogP contribution in [0.15, 0.2) is 18.2 Å².